The summed E-state index contributed by atoms with van der Waals surface area (Å²) in [7, 11) is 1.69. The molecule has 1 aliphatic carbocycles. The van der Waals surface area contributed by atoms with Crippen molar-refractivity contribution >= 4 is 0 Å². The van der Waals surface area contributed by atoms with Crippen LogP contribution >= 0.6 is 0 Å². The molecule has 0 atom stereocenters. The first kappa shape index (κ1) is 12.3. The summed E-state index contributed by atoms with van der Waals surface area (Å²) in [5.41, 5.74) is 3.41. The first-order valence-corrected chi connectivity index (χ1v) is 7.06. The molecule has 1 saturated carbocycles. The molecule has 3 heteroatoms. The fourth-order valence-corrected chi connectivity index (χ4v) is 2.89. The highest BCUT2D eigenvalue weighted by atomic mass is 16.5. The molecular formula is C16H20N2O. The van der Waals surface area contributed by atoms with Crippen molar-refractivity contribution in [1.82, 2.24) is 10.2 Å². The van der Waals surface area contributed by atoms with Crippen molar-refractivity contribution in [3.63, 3.8) is 0 Å². The van der Waals surface area contributed by atoms with Crippen LogP contribution in [0.25, 0.3) is 11.3 Å². The maximum Gasteiger partial charge on any atom is 0.119 e. The van der Waals surface area contributed by atoms with E-state index in [-0.39, 0.29) is 0 Å². The van der Waals surface area contributed by atoms with Crippen LogP contribution in [0.2, 0.25) is 0 Å². The van der Waals surface area contributed by atoms with Crippen molar-refractivity contribution in [2.24, 2.45) is 0 Å². The molecule has 0 aliphatic heterocycles. The van der Waals surface area contributed by atoms with E-state index in [2.05, 4.69) is 22.3 Å². The van der Waals surface area contributed by atoms with Gasteiger partial charge >= 0.3 is 0 Å². The number of ether oxygens (including phenoxy) is 1. The van der Waals surface area contributed by atoms with E-state index in [4.69, 9.17) is 4.74 Å². The van der Waals surface area contributed by atoms with Gasteiger partial charge in [0.05, 0.1) is 12.8 Å². The Morgan fingerprint density at radius 1 is 1.16 bits per heavy atom. The van der Waals surface area contributed by atoms with E-state index < -0.39 is 0 Å². The molecule has 0 bridgehead atoms. The maximum absolute atomic E-state index is 5.26. The molecule has 3 rings (SSSR count). The smallest absolute Gasteiger partial charge is 0.119 e. The number of benzene rings is 1. The second-order valence-corrected chi connectivity index (χ2v) is 5.28. The van der Waals surface area contributed by atoms with Crippen molar-refractivity contribution in [1.29, 1.82) is 0 Å². The van der Waals surface area contributed by atoms with Crippen molar-refractivity contribution < 1.29 is 4.74 Å². The Balaban J connectivity index is 1.83. The Morgan fingerprint density at radius 3 is 2.79 bits per heavy atom. The summed E-state index contributed by atoms with van der Waals surface area (Å²) >= 11 is 0. The summed E-state index contributed by atoms with van der Waals surface area (Å²) in [6.45, 7) is 0. The third kappa shape index (κ3) is 2.65. The molecule has 1 N–H and O–H groups in total. The number of nitrogens with one attached hydrogen (secondary N) is 1. The zero-order valence-electron chi connectivity index (χ0n) is 11.4. The first-order valence-electron chi connectivity index (χ1n) is 7.06. The van der Waals surface area contributed by atoms with Gasteiger partial charge < -0.3 is 4.74 Å². The molecule has 2 aromatic rings. The monoisotopic (exact) mass is 256 g/mol. The molecule has 0 spiro atoms. The van der Waals surface area contributed by atoms with E-state index in [0.717, 1.165) is 17.0 Å². The largest absolute Gasteiger partial charge is 0.497 e. The SMILES string of the molecule is COc1cccc(-c2cc(C3CCCCC3)[nH]n2)c1. The van der Waals surface area contributed by atoms with Crippen molar-refractivity contribution in [3.8, 4) is 17.0 Å². The van der Waals surface area contributed by atoms with Crippen LogP contribution in [0.4, 0.5) is 0 Å². The normalized spacial score (nSPS) is 16.5. The number of aromatic amines is 1. The third-order valence-electron chi connectivity index (χ3n) is 4.01. The second-order valence-electron chi connectivity index (χ2n) is 5.28. The molecule has 1 fully saturated rings. The lowest BCUT2D eigenvalue weighted by atomic mass is 9.87. The summed E-state index contributed by atoms with van der Waals surface area (Å²) in [6, 6.07) is 10.3. The number of methoxy groups -OCH3 is 1. The van der Waals surface area contributed by atoms with E-state index in [1.165, 1.54) is 37.8 Å². The van der Waals surface area contributed by atoms with Crippen LogP contribution in [0.5, 0.6) is 5.75 Å². The summed E-state index contributed by atoms with van der Waals surface area (Å²) in [5.74, 6) is 1.54. The zero-order chi connectivity index (χ0) is 13.1. The van der Waals surface area contributed by atoms with Crippen molar-refractivity contribution in [2.75, 3.05) is 7.11 Å². The fourth-order valence-electron chi connectivity index (χ4n) is 2.89. The molecule has 0 saturated heterocycles. The molecule has 0 unspecified atom stereocenters. The molecule has 100 valence electrons. The Morgan fingerprint density at radius 2 is 2.00 bits per heavy atom. The van der Waals surface area contributed by atoms with Gasteiger partial charge in [0.25, 0.3) is 0 Å². The number of H-pyrrole nitrogens is 1. The van der Waals surface area contributed by atoms with Crippen molar-refractivity contribution in [2.45, 2.75) is 38.0 Å². The van der Waals surface area contributed by atoms with Crippen LogP contribution in [0, 0.1) is 0 Å². The summed E-state index contributed by atoms with van der Waals surface area (Å²) in [6.07, 6.45) is 6.66. The lowest BCUT2D eigenvalue weighted by Gasteiger charge is -2.19. The predicted molar refractivity (Wildman–Crippen MR) is 76.4 cm³/mol. The predicted octanol–water partition coefficient (Wildman–Crippen LogP) is 4.13. The Kier molecular flexibility index (Phi) is 3.53. The van der Waals surface area contributed by atoms with Gasteiger partial charge in [-0.2, -0.15) is 5.10 Å². The minimum absolute atomic E-state index is 0.667. The van der Waals surface area contributed by atoms with Gasteiger partial charge in [-0.3, -0.25) is 5.10 Å². The Hall–Kier alpha value is -1.77. The van der Waals surface area contributed by atoms with Gasteiger partial charge in [-0.15, -0.1) is 0 Å². The fraction of sp³-hybridized carbons (Fsp3) is 0.438. The van der Waals surface area contributed by atoms with Gasteiger partial charge in [-0.1, -0.05) is 31.4 Å². The molecule has 1 aromatic carbocycles. The summed E-state index contributed by atoms with van der Waals surface area (Å²) < 4.78 is 5.26. The van der Waals surface area contributed by atoms with Crippen LogP contribution in [0.15, 0.2) is 30.3 Å². The number of nitrogens with zero attached hydrogens (tertiary/aromatic N) is 1. The Labute approximate surface area is 114 Å². The topological polar surface area (TPSA) is 37.9 Å². The van der Waals surface area contributed by atoms with Crippen molar-refractivity contribution in [3.05, 3.63) is 36.0 Å². The third-order valence-corrected chi connectivity index (χ3v) is 4.01. The van der Waals surface area contributed by atoms with Crippen LogP contribution < -0.4 is 4.74 Å². The minimum Gasteiger partial charge on any atom is -0.497 e. The van der Waals surface area contributed by atoms with Crippen LogP contribution in [0.1, 0.15) is 43.7 Å². The molecule has 19 heavy (non-hydrogen) atoms. The molecule has 0 radical (unpaired) electrons. The van der Waals surface area contributed by atoms with Crippen LogP contribution in [0.3, 0.4) is 0 Å². The maximum atomic E-state index is 5.26. The van der Waals surface area contributed by atoms with Gasteiger partial charge in [0.2, 0.25) is 0 Å². The van der Waals surface area contributed by atoms with Crippen LogP contribution in [-0.4, -0.2) is 17.3 Å². The molecule has 0 amide bonds. The average Bonchev–Trinajstić information content (AvgIpc) is 2.98. The highest BCUT2D eigenvalue weighted by Gasteiger charge is 2.18. The zero-order valence-corrected chi connectivity index (χ0v) is 11.4. The number of hydrogen-bond acceptors (Lipinski definition) is 2. The van der Waals surface area contributed by atoms with E-state index in [9.17, 15) is 0 Å². The second kappa shape index (κ2) is 5.47. The van der Waals surface area contributed by atoms with Gasteiger partial charge in [-0.25, -0.2) is 0 Å². The first-order chi connectivity index (χ1) is 9.36. The highest BCUT2D eigenvalue weighted by Crippen LogP contribution is 2.33. The quantitative estimate of drug-likeness (QED) is 0.896. The van der Waals surface area contributed by atoms with Gasteiger partial charge in [0.15, 0.2) is 0 Å². The molecule has 1 aliphatic rings. The number of aromatic nitrogens is 2. The molecule has 1 heterocycles. The average molecular weight is 256 g/mol. The van der Waals surface area contributed by atoms with Gasteiger partial charge in [0.1, 0.15) is 5.75 Å². The lowest BCUT2D eigenvalue weighted by Crippen LogP contribution is -2.04. The van der Waals surface area contributed by atoms with E-state index in [0.29, 0.717) is 5.92 Å². The standard InChI is InChI=1S/C16H20N2O/c1-19-14-9-5-8-13(10-14)16-11-15(17-18-16)12-6-3-2-4-7-12/h5,8-12H,2-4,6-7H2,1H3,(H,17,18). The molecule has 3 nitrogen and oxygen atoms in total. The molecular weight excluding hydrogens is 236 g/mol. The minimum atomic E-state index is 0.667. The molecule has 1 aromatic heterocycles. The summed E-state index contributed by atoms with van der Waals surface area (Å²) in [4.78, 5) is 0. The van der Waals surface area contributed by atoms with Crippen LogP contribution in [-0.2, 0) is 0 Å². The van der Waals surface area contributed by atoms with Gasteiger partial charge in [-0.05, 0) is 31.0 Å². The van der Waals surface area contributed by atoms with E-state index in [1.807, 2.05) is 18.2 Å². The Bertz CT molecular complexity index is 541. The number of rotatable bonds is 3. The van der Waals surface area contributed by atoms with Gasteiger partial charge in [0, 0.05) is 17.2 Å². The highest BCUT2D eigenvalue weighted by molar-refractivity contribution is 5.61. The summed E-state index contributed by atoms with van der Waals surface area (Å²) in [5, 5.41) is 7.68. The van der Waals surface area contributed by atoms with E-state index in [1.54, 1.807) is 7.11 Å². The van der Waals surface area contributed by atoms with E-state index >= 15 is 0 Å². The lowest BCUT2D eigenvalue weighted by molar-refractivity contribution is 0.415. The number of hydrogen-bond donors (Lipinski definition) is 1.